The van der Waals surface area contributed by atoms with Gasteiger partial charge in [-0.15, -0.1) is 0 Å². The molecule has 2 N–H and O–H groups in total. The van der Waals surface area contributed by atoms with Crippen LogP contribution in [0.15, 0.2) is 48.5 Å². The average Bonchev–Trinajstić information content (AvgIpc) is 3.62. The number of anilines is 1. The van der Waals surface area contributed by atoms with E-state index < -0.39 is 18.5 Å². The highest BCUT2D eigenvalue weighted by molar-refractivity contribution is 6.04. The third kappa shape index (κ3) is 5.72. The van der Waals surface area contributed by atoms with Crippen molar-refractivity contribution in [2.75, 3.05) is 11.9 Å². The quantitative estimate of drug-likeness (QED) is 0.650. The maximum absolute atomic E-state index is 12.3. The van der Waals surface area contributed by atoms with Crippen LogP contribution in [0.25, 0.3) is 0 Å². The van der Waals surface area contributed by atoms with Gasteiger partial charge in [0.25, 0.3) is 11.8 Å². The highest BCUT2D eigenvalue weighted by Gasteiger charge is 2.25. The molecule has 2 aliphatic rings. The second-order valence-corrected chi connectivity index (χ2v) is 8.37. The minimum atomic E-state index is -0.537. The Kier molecular flexibility index (Phi) is 6.65. The minimum Gasteiger partial charge on any atom is -0.452 e. The van der Waals surface area contributed by atoms with Crippen LogP contribution in [-0.2, 0) is 9.53 Å². The number of benzene rings is 2. The lowest BCUT2D eigenvalue weighted by atomic mass is 9.84. The second kappa shape index (κ2) is 9.77. The van der Waals surface area contributed by atoms with Crippen LogP contribution in [0.1, 0.15) is 77.1 Å². The Morgan fingerprint density at radius 3 is 2.29 bits per heavy atom. The molecule has 0 unspecified atom stereocenters. The molecule has 0 bridgehead atoms. The summed E-state index contributed by atoms with van der Waals surface area (Å²) < 4.78 is 5.17. The average molecular weight is 421 g/mol. The molecule has 2 saturated carbocycles. The zero-order chi connectivity index (χ0) is 21.6. The van der Waals surface area contributed by atoms with Gasteiger partial charge in [0.2, 0.25) is 0 Å². The third-order valence-corrected chi connectivity index (χ3v) is 5.92. The van der Waals surface area contributed by atoms with Gasteiger partial charge in [-0.2, -0.15) is 0 Å². The molecule has 0 spiro atoms. The molecule has 0 aromatic heterocycles. The van der Waals surface area contributed by atoms with Crippen LogP contribution >= 0.6 is 0 Å². The van der Waals surface area contributed by atoms with Gasteiger partial charge in [0.05, 0.1) is 16.8 Å². The lowest BCUT2D eigenvalue weighted by molar-refractivity contribution is -0.119. The number of carbonyl (C=O) groups excluding carboxylic acids is 3. The molecule has 4 rings (SSSR count). The van der Waals surface area contributed by atoms with Crippen LogP contribution < -0.4 is 10.6 Å². The fourth-order valence-electron chi connectivity index (χ4n) is 4.01. The molecule has 2 aromatic carbocycles. The SMILES string of the molecule is O=C(COC(=O)c1ccc(C2CCCCC2)cc1)Nc1ccccc1C(=O)NC1CC1. The first-order valence-electron chi connectivity index (χ1n) is 11.1. The van der Waals surface area contributed by atoms with Crippen molar-refractivity contribution >= 4 is 23.5 Å². The first kappa shape index (κ1) is 21.1. The Labute approximate surface area is 182 Å². The van der Waals surface area contributed by atoms with E-state index in [0.717, 1.165) is 12.8 Å². The number of para-hydroxylation sites is 1. The van der Waals surface area contributed by atoms with Crippen molar-refractivity contribution in [1.82, 2.24) is 5.32 Å². The molecule has 31 heavy (non-hydrogen) atoms. The van der Waals surface area contributed by atoms with Gasteiger partial charge in [0.1, 0.15) is 0 Å². The summed E-state index contributed by atoms with van der Waals surface area (Å²) in [4.78, 5) is 37.0. The molecular formula is C25H28N2O4. The standard InChI is InChI=1S/C25H28N2O4/c28-23(27-22-9-5-4-8-21(22)24(29)26-20-14-15-20)16-31-25(30)19-12-10-18(11-13-19)17-6-2-1-3-7-17/h4-5,8-13,17,20H,1-3,6-7,14-16H2,(H,26,29)(H,27,28). The number of esters is 1. The van der Waals surface area contributed by atoms with Crippen LogP contribution in [0.2, 0.25) is 0 Å². The number of amides is 2. The third-order valence-electron chi connectivity index (χ3n) is 5.92. The molecule has 0 saturated heterocycles. The van der Waals surface area contributed by atoms with Gasteiger partial charge >= 0.3 is 5.97 Å². The molecule has 0 heterocycles. The maximum atomic E-state index is 12.3. The van der Waals surface area contributed by atoms with Crippen molar-refractivity contribution in [2.45, 2.75) is 56.9 Å². The summed E-state index contributed by atoms with van der Waals surface area (Å²) in [5.41, 5.74) is 2.48. The molecule has 2 aromatic rings. The van der Waals surface area contributed by atoms with Crippen molar-refractivity contribution in [3.05, 3.63) is 65.2 Å². The molecule has 0 aliphatic heterocycles. The monoisotopic (exact) mass is 420 g/mol. The van der Waals surface area contributed by atoms with Gasteiger partial charge in [-0.1, -0.05) is 43.5 Å². The number of ether oxygens (including phenoxy) is 1. The van der Waals surface area contributed by atoms with Gasteiger partial charge in [-0.25, -0.2) is 4.79 Å². The van der Waals surface area contributed by atoms with Crippen molar-refractivity contribution in [3.63, 3.8) is 0 Å². The van der Waals surface area contributed by atoms with Gasteiger partial charge < -0.3 is 15.4 Å². The van der Waals surface area contributed by atoms with Crippen molar-refractivity contribution in [1.29, 1.82) is 0 Å². The number of rotatable bonds is 7. The van der Waals surface area contributed by atoms with Crippen molar-refractivity contribution in [3.8, 4) is 0 Å². The van der Waals surface area contributed by atoms with Crippen LogP contribution in [0.5, 0.6) is 0 Å². The summed E-state index contributed by atoms with van der Waals surface area (Å²) in [6, 6.07) is 14.5. The summed E-state index contributed by atoms with van der Waals surface area (Å²) in [6.45, 7) is -0.415. The van der Waals surface area contributed by atoms with Crippen LogP contribution in [0.3, 0.4) is 0 Å². The van der Waals surface area contributed by atoms with Crippen LogP contribution in [0, 0.1) is 0 Å². The normalized spacial score (nSPS) is 16.4. The Bertz CT molecular complexity index is 944. The maximum Gasteiger partial charge on any atom is 0.338 e. The first-order valence-corrected chi connectivity index (χ1v) is 11.1. The highest BCUT2D eigenvalue weighted by Crippen LogP contribution is 2.32. The number of hydrogen-bond donors (Lipinski definition) is 2. The zero-order valence-electron chi connectivity index (χ0n) is 17.6. The number of hydrogen-bond acceptors (Lipinski definition) is 4. The van der Waals surface area contributed by atoms with Gasteiger partial charge in [0, 0.05) is 6.04 Å². The Morgan fingerprint density at radius 2 is 1.58 bits per heavy atom. The predicted octanol–water partition coefficient (Wildman–Crippen LogP) is 4.42. The van der Waals surface area contributed by atoms with E-state index in [0.29, 0.717) is 22.7 Å². The van der Waals surface area contributed by atoms with Gasteiger partial charge in [-0.3, -0.25) is 9.59 Å². The Balaban J connectivity index is 1.29. The molecule has 2 amide bonds. The van der Waals surface area contributed by atoms with Crippen molar-refractivity contribution < 1.29 is 19.1 Å². The van der Waals surface area contributed by atoms with Crippen LogP contribution in [-0.4, -0.2) is 30.4 Å². The second-order valence-electron chi connectivity index (χ2n) is 8.37. The molecule has 162 valence electrons. The summed E-state index contributed by atoms with van der Waals surface area (Å²) in [5, 5.41) is 5.58. The van der Waals surface area contributed by atoms with Gasteiger partial charge in [0.15, 0.2) is 6.61 Å². The molecule has 0 radical (unpaired) electrons. The molecule has 6 nitrogen and oxygen atoms in total. The smallest absolute Gasteiger partial charge is 0.338 e. The van der Waals surface area contributed by atoms with E-state index in [4.69, 9.17) is 4.74 Å². The van der Waals surface area contributed by atoms with E-state index in [1.165, 1.54) is 37.7 Å². The molecular weight excluding hydrogens is 392 g/mol. The summed E-state index contributed by atoms with van der Waals surface area (Å²) in [6.07, 6.45) is 8.19. The Morgan fingerprint density at radius 1 is 0.871 bits per heavy atom. The molecule has 2 fully saturated rings. The number of carbonyl (C=O) groups is 3. The van der Waals surface area contributed by atoms with E-state index in [-0.39, 0.29) is 11.9 Å². The van der Waals surface area contributed by atoms with Crippen molar-refractivity contribution in [2.24, 2.45) is 0 Å². The van der Waals surface area contributed by atoms with E-state index in [1.54, 1.807) is 36.4 Å². The fraction of sp³-hybridized carbons (Fsp3) is 0.400. The Hall–Kier alpha value is -3.15. The lowest BCUT2D eigenvalue weighted by Crippen LogP contribution is -2.28. The lowest BCUT2D eigenvalue weighted by Gasteiger charge is -2.21. The van der Waals surface area contributed by atoms with E-state index in [2.05, 4.69) is 10.6 Å². The topological polar surface area (TPSA) is 84.5 Å². The number of nitrogens with one attached hydrogen (secondary N) is 2. The van der Waals surface area contributed by atoms with E-state index in [9.17, 15) is 14.4 Å². The van der Waals surface area contributed by atoms with E-state index in [1.807, 2.05) is 12.1 Å². The fourth-order valence-corrected chi connectivity index (χ4v) is 4.01. The minimum absolute atomic E-state index is 0.214. The van der Waals surface area contributed by atoms with Gasteiger partial charge in [-0.05, 0) is 61.4 Å². The largest absolute Gasteiger partial charge is 0.452 e. The zero-order valence-corrected chi connectivity index (χ0v) is 17.6. The van der Waals surface area contributed by atoms with E-state index >= 15 is 0 Å². The highest BCUT2D eigenvalue weighted by atomic mass is 16.5. The summed E-state index contributed by atoms with van der Waals surface area (Å²) in [5.74, 6) is -0.667. The first-order chi connectivity index (χ1) is 15.1. The van der Waals surface area contributed by atoms with Crippen LogP contribution in [0.4, 0.5) is 5.69 Å². The molecule has 6 heteroatoms. The predicted molar refractivity (Wildman–Crippen MR) is 118 cm³/mol. The summed E-state index contributed by atoms with van der Waals surface area (Å²) in [7, 11) is 0. The molecule has 0 atom stereocenters. The molecule has 2 aliphatic carbocycles. The summed E-state index contributed by atoms with van der Waals surface area (Å²) >= 11 is 0.